The van der Waals surface area contributed by atoms with E-state index in [1.54, 1.807) is 20.8 Å². The third-order valence-corrected chi connectivity index (χ3v) is 8.74. The number of aryl methyl sites for hydroxylation is 2. The lowest BCUT2D eigenvalue weighted by Gasteiger charge is -2.45. The highest BCUT2D eigenvalue weighted by Gasteiger charge is 2.48. The molecule has 35 heavy (non-hydrogen) atoms. The maximum Gasteiger partial charge on any atom is 0.397 e. The molecule has 0 bridgehead atoms. The average molecular weight is 536 g/mol. The van der Waals surface area contributed by atoms with E-state index in [-0.39, 0.29) is 16.4 Å². The van der Waals surface area contributed by atoms with Gasteiger partial charge in [-0.1, -0.05) is 47.4 Å². The molecule has 0 spiro atoms. The van der Waals surface area contributed by atoms with Crippen molar-refractivity contribution >= 4 is 75.7 Å². The van der Waals surface area contributed by atoms with Crippen LogP contribution in [-0.4, -0.2) is 55.0 Å². The van der Waals surface area contributed by atoms with E-state index in [2.05, 4.69) is 0 Å². The van der Waals surface area contributed by atoms with Crippen molar-refractivity contribution < 1.29 is 33.4 Å². The van der Waals surface area contributed by atoms with Gasteiger partial charge in [0.2, 0.25) is 0 Å². The second-order valence-corrected chi connectivity index (χ2v) is 10.9. The van der Waals surface area contributed by atoms with E-state index in [0.717, 1.165) is 34.7 Å². The van der Waals surface area contributed by atoms with Crippen LogP contribution in [0.15, 0.2) is 26.2 Å². The first-order valence-electron chi connectivity index (χ1n) is 10.6. The zero-order valence-electron chi connectivity index (χ0n) is 20.4. The molecule has 8 nitrogen and oxygen atoms in total. The van der Waals surface area contributed by atoms with Gasteiger partial charge in [-0.15, -0.1) is 0 Å². The number of nitrogens with zero attached hydrogens (tertiary/aromatic N) is 1. The number of ether oxygens (including phenoxy) is 3. The molecule has 0 N–H and O–H groups in total. The van der Waals surface area contributed by atoms with Gasteiger partial charge in [0.05, 0.1) is 41.2 Å². The molecule has 0 saturated carbocycles. The third-order valence-electron chi connectivity index (χ3n) is 5.47. The van der Waals surface area contributed by atoms with Gasteiger partial charge in [-0.05, 0) is 46.2 Å². The Morgan fingerprint density at radius 3 is 2.03 bits per heavy atom. The summed E-state index contributed by atoms with van der Waals surface area (Å²) in [5.41, 5.74) is 2.31. The van der Waals surface area contributed by atoms with Crippen LogP contribution in [0.5, 0.6) is 0 Å². The number of rotatable bonds is 3. The summed E-state index contributed by atoms with van der Waals surface area (Å²) in [6, 6.07) is 3.77. The molecular weight excluding hydrogens is 510 g/mol. The highest BCUT2D eigenvalue weighted by atomic mass is 32.2. The molecule has 1 aromatic rings. The van der Waals surface area contributed by atoms with Gasteiger partial charge in [-0.25, -0.2) is 14.4 Å². The van der Waals surface area contributed by atoms with E-state index in [1.807, 2.05) is 26.0 Å². The molecular formula is C24H25NO7S3. The Labute approximate surface area is 217 Å². The summed E-state index contributed by atoms with van der Waals surface area (Å²) in [5, 5.41) is 0. The molecule has 2 aliphatic rings. The van der Waals surface area contributed by atoms with Gasteiger partial charge in [0, 0.05) is 11.1 Å². The van der Waals surface area contributed by atoms with Crippen molar-refractivity contribution in [2.45, 2.75) is 40.2 Å². The van der Waals surface area contributed by atoms with E-state index < -0.39 is 29.4 Å². The van der Waals surface area contributed by atoms with E-state index >= 15 is 0 Å². The van der Waals surface area contributed by atoms with Crippen LogP contribution in [0.1, 0.15) is 37.5 Å². The van der Waals surface area contributed by atoms with Crippen molar-refractivity contribution in [1.29, 1.82) is 0 Å². The van der Waals surface area contributed by atoms with Gasteiger partial charge >= 0.3 is 23.8 Å². The molecule has 3 rings (SSSR count). The summed E-state index contributed by atoms with van der Waals surface area (Å²) >= 11 is 8.03. The molecule has 0 aliphatic carbocycles. The van der Waals surface area contributed by atoms with Gasteiger partial charge in [-0.3, -0.25) is 9.69 Å². The minimum absolute atomic E-state index is 0.0594. The van der Waals surface area contributed by atoms with Crippen molar-refractivity contribution in [3.8, 4) is 0 Å². The fraction of sp³-hybridized carbons (Fsp3) is 0.375. The first-order valence-corrected chi connectivity index (χ1v) is 12.6. The number of amides is 1. The zero-order chi connectivity index (χ0) is 26.2. The second kappa shape index (κ2) is 10.2. The molecule has 186 valence electrons. The number of fused-ring (bicyclic) bond motifs is 1. The van der Waals surface area contributed by atoms with Crippen LogP contribution in [0.4, 0.5) is 5.69 Å². The highest BCUT2D eigenvalue weighted by Crippen LogP contribution is 2.56. The predicted molar refractivity (Wildman–Crippen MR) is 140 cm³/mol. The Kier molecular flexibility index (Phi) is 7.83. The van der Waals surface area contributed by atoms with Crippen LogP contribution < -0.4 is 4.90 Å². The molecule has 1 amide bonds. The van der Waals surface area contributed by atoms with Crippen molar-refractivity contribution in [3.63, 3.8) is 0 Å². The Morgan fingerprint density at radius 1 is 1.00 bits per heavy atom. The number of thioether (sulfide) groups is 2. The fourth-order valence-corrected chi connectivity index (χ4v) is 6.99. The maximum absolute atomic E-state index is 13.3. The molecule has 2 aliphatic heterocycles. The number of benzene rings is 1. The van der Waals surface area contributed by atoms with Crippen LogP contribution in [-0.2, 0) is 33.4 Å². The lowest BCUT2D eigenvalue weighted by molar-refractivity contribution is -0.153. The normalized spacial score (nSPS) is 16.8. The molecule has 0 saturated heterocycles. The SMILES string of the molecule is CCOC(=O)C(=O)N1c2c(C)cc(C)cc2C(=C2SC(C(=O)OC)=C(C(=O)OC)S2)C(=S)C1(C)C. The van der Waals surface area contributed by atoms with Crippen molar-refractivity contribution in [3.05, 3.63) is 42.9 Å². The summed E-state index contributed by atoms with van der Waals surface area (Å²) in [6.45, 7) is 8.93. The molecule has 2 heterocycles. The van der Waals surface area contributed by atoms with Crippen molar-refractivity contribution in [2.24, 2.45) is 0 Å². The van der Waals surface area contributed by atoms with E-state index in [0.29, 0.717) is 25.9 Å². The first kappa shape index (κ1) is 27.0. The van der Waals surface area contributed by atoms with Crippen molar-refractivity contribution in [1.82, 2.24) is 0 Å². The molecule has 0 aromatic heterocycles. The smallest absolute Gasteiger partial charge is 0.397 e. The molecule has 0 radical (unpaired) electrons. The fourth-order valence-electron chi connectivity index (χ4n) is 3.95. The zero-order valence-corrected chi connectivity index (χ0v) is 22.8. The predicted octanol–water partition coefficient (Wildman–Crippen LogP) is 4.07. The Balaban J connectivity index is 2.30. The highest BCUT2D eigenvalue weighted by molar-refractivity contribution is 8.29. The number of carbonyl (C=O) groups is 4. The van der Waals surface area contributed by atoms with Gasteiger partial charge in [0.25, 0.3) is 0 Å². The standard InChI is InChI=1S/C24H25NO7S3/c1-8-32-22(29)19(26)25-15-12(3)9-11(2)10-13(15)14(18(33)24(25,4)5)23-34-16(20(27)30-6)17(35-23)21(28)31-7/h9-10H,8H2,1-7H3. The topological polar surface area (TPSA) is 99.2 Å². The average Bonchev–Trinajstić information content (AvgIpc) is 3.24. The Morgan fingerprint density at radius 2 is 1.54 bits per heavy atom. The number of hydrogen-bond acceptors (Lipinski definition) is 10. The number of esters is 3. The summed E-state index contributed by atoms with van der Waals surface area (Å²) in [6.07, 6.45) is 0. The van der Waals surface area contributed by atoms with Crippen LogP contribution >= 0.6 is 35.7 Å². The Hall–Kier alpha value is -2.63. The molecule has 0 fully saturated rings. The third kappa shape index (κ3) is 4.64. The number of anilines is 1. The summed E-state index contributed by atoms with van der Waals surface area (Å²) < 4.78 is 15.3. The second-order valence-electron chi connectivity index (χ2n) is 8.24. The molecule has 11 heteroatoms. The lowest BCUT2D eigenvalue weighted by Crippen LogP contribution is -2.58. The van der Waals surface area contributed by atoms with E-state index in [1.165, 1.54) is 19.1 Å². The van der Waals surface area contributed by atoms with Gasteiger partial charge in [-0.2, -0.15) is 0 Å². The van der Waals surface area contributed by atoms with Gasteiger partial charge in [0.15, 0.2) is 0 Å². The summed E-state index contributed by atoms with van der Waals surface area (Å²) in [7, 11) is 2.46. The molecule has 1 aromatic carbocycles. The number of methoxy groups -OCH3 is 2. The summed E-state index contributed by atoms with van der Waals surface area (Å²) in [4.78, 5) is 52.6. The van der Waals surface area contributed by atoms with Gasteiger partial charge in [0.1, 0.15) is 9.81 Å². The van der Waals surface area contributed by atoms with E-state index in [9.17, 15) is 19.2 Å². The summed E-state index contributed by atoms with van der Waals surface area (Å²) in [5.74, 6) is -3.14. The number of thiocarbonyl (C=S) groups is 1. The van der Waals surface area contributed by atoms with Crippen LogP contribution in [0.2, 0.25) is 0 Å². The minimum Gasteiger partial charge on any atom is -0.465 e. The first-order chi connectivity index (χ1) is 16.4. The maximum atomic E-state index is 13.3. The monoisotopic (exact) mass is 535 g/mol. The Bertz CT molecular complexity index is 1200. The van der Waals surface area contributed by atoms with E-state index in [4.69, 9.17) is 26.4 Å². The lowest BCUT2D eigenvalue weighted by atomic mass is 9.81. The number of hydrogen-bond donors (Lipinski definition) is 0. The van der Waals surface area contributed by atoms with Crippen LogP contribution in [0, 0.1) is 13.8 Å². The molecule has 0 unspecified atom stereocenters. The molecule has 0 atom stereocenters. The van der Waals surface area contributed by atoms with Crippen LogP contribution in [0.3, 0.4) is 0 Å². The van der Waals surface area contributed by atoms with Gasteiger partial charge < -0.3 is 14.2 Å². The number of carbonyl (C=O) groups excluding carboxylic acids is 4. The minimum atomic E-state index is -1.10. The van der Waals surface area contributed by atoms with Crippen LogP contribution in [0.25, 0.3) is 5.57 Å². The van der Waals surface area contributed by atoms with Crippen molar-refractivity contribution in [2.75, 3.05) is 25.7 Å². The largest absolute Gasteiger partial charge is 0.465 e. The quantitative estimate of drug-likeness (QED) is 0.185.